The summed E-state index contributed by atoms with van der Waals surface area (Å²) in [7, 11) is 3.68. The van der Waals surface area contributed by atoms with Crippen LogP contribution in [0.2, 0.25) is 0 Å². The zero-order chi connectivity index (χ0) is 13.0. The molecule has 18 heavy (non-hydrogen) atoms. The molecule has 1 heterocycles. The minimum atomic E-state index is 0.758. The Balaban J connectivity index is 2.40. The number of ether oxygens (including phenoxy) is 1. The van der Waals surface area contributed by atoms with Crippen LogP contribution in [0.1, 0.15) is 23.8 Å². The fourth-order valence-corrected chi connectivity index (χ4v) is 2.31. The van der Waals surface area contributed by atoms with Crippen molar-refractivity contribution in [2.45, 2.75) is 26.3 Å². The van der Waals surface area contributed by atoms with E-state index in [1.165, 1.54) is 16.5 Å². The SMILES string of the molecule is CCc1c(CNC)oc2ccc(CCOC)cc12. The summed E-state index contributed by atoms with van der Waals surface area (Å²) in [6.07, 6.45) is 1.94. The van der Waals surface area contributed by atoms with Crippen LogP contribution < -0.4 is 5.32 Å². The highest BCUT2D eigenvalue weighted by Gasteiger charge is 2.12. The molecule has 0 radical (unpaired) electrons. The van der Waals surface area contributed by atoms with E-state index in [4.69, 9.17) is 9.15 Å². The third-order valence-electron chi connectivity index (χ3n) is 3.22. The first-order valence-corrected chi connectivity index (χ1v) is 6.46. The van der Waals surface area contributed by atoms with E-state index in [1.54, 1.807) is 7.11 Å². The first-order chi connectivity index (χ1) is 8.80. The molecular weight excluding hydrogens is 226 g/mol. The molecule has 0 fully saturated rings. The van der Waals surface area contributed by atoms with Crippen molar-refractivity contribution in [2.75, 3.05) is 20.8 Å². The summed E-state index contributed by atoms with van der Waals surface area (Å²) >= 11 is 0. The Morgan fingerprint density at radius 2 is 2.17 bits per heavy atom. The van der Waals surface area contributed by atoms with Gasteiger partial charge in [-0.3, -0.25) is 0 Å². The second kappa shape index (κ2) is 6.03. The summed E-state index contributed by atoms with van der Waals surface area (Å²) in [6, 6.07) is 6.42. The van der Waals surface area contributed by atoms with Gasteiger partial charge in [0.2, 0.25) is 0 Å². The van der Waals surface area contributed by atoms with Crippen molar-refractivity contribution in [3.05, 3.63) is 35.1 Å². The fraction of sp³-hybridized carbons (Fsp3) is 0.467. The van der Waals surface area contributed by atoms with Gasteiger partial charge < -0.3 is 14.5 Å². The Morgan fingerprint density at radius 3 is 2.83 bits per heavy atom. The van der Waals surface area contributed by atoms with Crippen LogP contribution in [-0.2, 0) is 24.1 Å². The van der Waals surface area contributed by atoms with E-state index in [1.807, 2.05) is 7.05 Å². The highest BCUT2D eigenvalue weighted by Crippen LogP contribution is 2.27. The van der Waals surface area contributed by atoms with Gasteiger partial charge in [-0.25, -0.2) is 0 Å². The fourth-order valence-electron chi connectivity index (χ4n) is 2.31. The molecule has 0 atom stereocenters. The van der Waals surface area contributed by atoms with Gasteiger partial charge in [-0.2, -0.15) is 0 Å². The lowest BCUT2D eigenvalue weighted by Gasteiger charge is -2.01. The highest BCUT2D eigenvalue weighted by atomic mass is 16.5. The third-order valence-corrected chi connectivity index (χ3v) is 3.22. The van der Waals surface area contributed by atoms with Crippen LogP contribution in [0.5, 0.6) is 0 Å². The monoisotopic (exact) mass is 247 g/mol. The van der Waals surface area contributed by atoms with Gasteiger partial charge in [-0.15, -0.1) is 0 Å². The molecule has 0 aliphatic rings. The molecule has 3 heteroatoms. The molecular formula is C15H21NO2. The van der Waals surface area contributed by atoms with Crippen LogP contribution >= 0.6 is 0 Å². The van der Waals surface area contributed by atoms with Crippen molar-refractivity contribution in [1.82, 2.24) is 5.32 Å². The topological polar surface area (TPSA) is 34.4 Å². The second-order valence-corrected chi connectivity index (χ2v) is 4.46. The number of hydrogen-bond donors (Lipinski definition) is 1. The predicted molar refractivity (Wildman–Crippen MR) is 73.9 cm³/mol. The van der Waals surface area contributed by atoms with E-state index in [-0.39, 0.29) is 0 Å². The molecule has 0 aliphatic carbocycles. The zero-order valence-electron chi connectivity index (χ0n) is 11.4. The van der Waals surface area contributed by atoms with Crippen molar-refractivity contribution < 1.29 is 9.15 Å². The van der Waals surface area contributed by atoms with Crippen LogP contribution in [0.4, 0.5) is 0 Å². The van der Waals surface area contributed by atoms with E-state index in [2.05, 4.69) is 30.4 Å². The standard InChI is InChI=1S/C15H21NO2/c1-4-12-13-9-11(7-8-17-3)5-6-14(13)18-15(12)10-16-2/h5-6,9,16H,4,7-8,10H2,1-3H3. The first-order valence-electron chi connectivity index (χ1n) is 6.46. The highest BCUT2D eigenvalue weighted by molar-refractivity contribution is 5.83. The van der Waals surface area contributed by atoms with Gasteiger partial charge in [0.15, 0.2) is 0 Å². The van der Waals surface area contributed by atoms with Crippen molar-refractivity contribution in [1.29, 1.82) is 0 Å². The van der Waals surface area contributed by atoms with Crippen molar-refractivity contribution in [2.24, 2.45) is 0 Å². The number of fused-ring (bicyclic) bond motifs is 1. The molecule has 0 saturated heterocycles. The molecule has 0 aliphatic heterocycles. The number of nitrogens with one attached hydrogen (secondary N) is 1. The number of furan rings is 1. The smallest absolute Gasteiger partial charge is 0.134 e. The summed E-state index contributed by atoms with van der Waals surface area (Å²) in [5, 5.41) is 4.40. The molecule has 98 valence electrons. The van der Waals surface area contributed by atoms with Crippen LogP contribution in [0.25, 0.3) is 11.0 Å². The van der Waals surface area contributed by atoms with E-state index < -0.39 is 0 Å². The van der Waals surface area contributed by atoms with Gasteiger partial charge in [0, 0.05) is 18.1 Å². The predicted octanol–water partition coefficient (Wildman–Crippen LogP) is 2.90. The van der Waals surface area contributed by atoms with Crippen LogP contribution in [0, 0.1) is 0 Å². The summed E-state index contributed by atoms with van der Waals surface area (Å²) in [4.78, 5) is 0. The molecule has 0 spiro atoms. The van der Waals surface area contributed by atoms with Gasteiger partial charge in [0.1, 0.15) is 11.3 Å². The maximum absolute atomic E-state index is 5.90. The summed E-state index contributed by atoms with van der Waals surface area (Å²) in [6.45, 7) is 3.71. The largest absolute Gasteiger partial charge is 0.459 e. The summed E-state index contributed by atoms with van der Waals surface area (Å²) in [5.74, 6) is 1.05. The number of rotatable bonds is 6. The van der Waals surface area contributed by atoms with Crippen molar-refractivity contribution in [3.63, 3.8) is 0 Å². The van der Waals surface area contributed by atoms with Crippen LogP contribution in [0.3, 0.4) is 0 Å². The Kier molecular flexibility index (Phi) is 4.39. The van der Waals surface area contributed by atoms with E-state index in [9.17, 15) is 0 Å². The molecule has 0 unspecified atom stereocenters. The average Bonchev–Trinajstić information content (AvgIpc) is 2.73. The summed E-state index contributed by atoms with van der Waals surface area (Å²) < 4.78 is 11.0. The van der Waals surface area contributed by atoms with Crippen LogP contribution in [-0.4, -0.2) is 20.8 Å². The van der Waals surface area contributed by atoms with E-state index >= 15 is 0 Å². The Labute approximate surface area is 108 Å². The third kappa shape index (κ3) is 2.57. The average molecular weight is 247 g/mol. The van der Waals surface area contributed by atoms with E-state index in [0.29, 0.717) is 0 Å². The molecule has 2 aromatic rings. The molecule has 3 nitrogen and oxygen atoms in total. The molecule has 1 aromatic carbocycles. The molecule has 0 saturated carbocycles. The molecule has 2 rings (SSSR count). The molecule has 0 bridgehead atoms. The zero-order valence-corrected chi connectivity index (χ0v) is 11.4. The van der Waals surface area contributed by atoms with Crippen LogP contribution in [0.15, 0.2) is 22.6 Å². The number of benzene rings is 1. The van der Waals surface area contributed by atoms with Crippen molar-refractivity contribution in [3.8, 4) is 0 Å². The molecule has 1 N–H and O–H groups in total. The normalized spacial score (nSPS) is 11.3. The van der Waals surface area contributed by atoms with Crippen molar-refractivity contribution >= 4 is 11.0 Å². The lowest BCUT2D eigenvalue weighted by molar-refractivity contribution is 0.202. The van der Waals surface area contributed by atoms with Gasteiger partial charge >= 0.3 is 0 Å². The lowest BCUT2D eigenvalue weighted by atomic mass is 10.0. The van der Waals surface area contributed by atoms with E-state index in [0.717, 1.165) is 37.3 Å². The van der Waals surface area contributed by atoms with Gasteiger partial charge in [0.05, 0.1) is 13.2 Å². The Morgan fingerprint density at radius 1 is 1.33 bits per heavy atom. The van der Waals surface area contributed by atoms with Gasteiger partial charge in [-0.05, 0) is 37.6 Å². The number of hydrogen-bond acceptors (Lipinski definition) is 3. The molecule has 1 aromatic heterocycles. The van der Waals surface area contributed by atoms with Gasteiger partial charge in [0.25, 0.3) is 0 Å². The summed E-state index contributed by atoms with van der Waals surface area (Å²) in [5.41, 5.74) is 3.60. The maximum Gasteiger partial charge on any atom is 0.134 e. The Hall–Kier alpha value is -1.32. The quantitative estimate of drug-likeness (QED) is 0.852. The number of methoxy groups -OCH3 is 1. The maximum atomic E-state index is 5.90. The molecule has 0 amide bonds. The lowest BCUT2D eigenvalue weighted by Crippen LogP contribution is -2.05. The Bertz CT molecular complexity index is 516. The minimum absolute atomic E-state index is 0.758. The second-order valence-electron chi connectivity index (χ2n) is 4.46. The number of aryl methyl sites for hydroxylation is 1. The first kappa shape index (κ1) is 13.1. The minimum Gasteiger partial charge on any atom is -0.459 e. The van der Waals surface area contributed by atoms with Gasteiger partial charge in [-0.1, -0.05) is 13.0 Å².